The average molecular weight is 213 g/mol. The average Bonchev–Trinajstić information content (AvgIpc) is 2.71. The van der Waals surface area contributed by atoms with Crippen LogP contribution in [0.3, 0.4) is 0 Å². The van der Waals surface area contributed by atoms with Crippen molar-refractivity contribution in [3.63, 3.8) is 0 Å². The summed E-state index contributed by atoms with van der Waals surface area (Å²) in [6.45, 7) is 1.40. The fourth-order valence-corrected chi connectivity index (χ4v) is 1.00. The molecule has 1 aromatic heterocycles. The van der Waals surface area contributed by atoms with Crippen LogP contribution < -0.4 is 11.1 Å². The number of nitrogens with two attached hydrogens (primary N) is 1. The third kappa shape index (κ3) is 3.21. The maximum atomic E-state index is 5.59. The van der Waals surface area contributed by atoms with E-state index in [0.717, 1.165) is 6.42 Å². The van der Waals surface area contributed by atoms with E-state index in [1.807, 2.05) is 0 Å². The number of anilines is 1. The van der Waals surface area contributed by atoms with Crippen molar-refractivity contribution in [3.8, 4) is 0 Å². The molecule has 0 atom stereocenters. The van der Waals surface area contributed by atoms with Crippen LogP contribution in [0.15, 0.2) is 9.62 Å². The zero-order valence-electron chi connectivity index (χ0n) is 8.86. The Balaban J connectivity index is 2.50. The van der Waals surface area contributed by atoms with Gasteiger partial charge in [0.05, 0.1) is 0 Å². The summed E-state index contributed by atoms with van der Waals surface area (Å²) >= 11 is 0. The lowest BCUT2D eigenvalue weighted by atomic mass is 10.3. The summed E-state index contributed by atoms with van der Waals surface area (Å²) < 4.78 is 9.48. The first-order valence-corrected chi connectivity index (χ1v) is 4.57. The molecule has 0 unspecified atom stereocenters. The van der Waals surface area contributed by atoms with Crippen molar-refractivity contribution in [2.75, 3.05) is 32.6 Å². The van der Waals surface area contributed by atoms with Gasteiger partial charge in [0.2, 0.25) is 5.82 Å². The molecule has 7 heteroatoms. The first-order valence-electron chi connectivity index (χ1n) is 4.57. The highest BCUT2D eigenvalue weighted by Crippen LogP contribution is 2.08. The summed E-state index contributed by atoms with van der Waals surface area (Å²) in [7, 11) is 3.24. The molecule has 0 saturated carbocycles. The fraction of sp³-hybridized carbons (Fsp3) is 0.625. The van der Waals surface area contributed by atoms with Crippen molar-refractivity contribution in [1.82, 2.24) is 10.3 Å². The summed E-state index contributed by atoms with van der Waals surface area (Å²) in [5, 5.41) is 10.4. The van der Waals surface area contributed by atoms with Gasteiger partial charge in [0.1, 0.15) is 0 Å². The molecule has 1 rings (SSSR count). The minimum atomic E-state index is 0.297. The summed E-state index contributed by atoms with van der Waals surface area (Å²) in [6, 6.07) is 0. The molecule has 0 aromatic carbocycles. The van der Waals surface area contributed by atoms with Crippen LogP contribution in [0.2, 0.25) is 0 Å². The minimum absolute atomic E-state index is 0.297. The van der Waals surface area contributed by atoms with Gasteiger partial charge in [0.25, 0.3) is 0 Å². The second kappa shape index (κ2) is 5.97. The van der Waals surface area contributed by atoms with Gasteiger partial charge < -0.3 is 15.8 Å². The smallest absolute Gasteiger partial charge is 0.202 e. The quantitative estimate of drug-likeness (QED) is 0.387. The Bertz CT molecular complexity index is 323. The molecule has 0 fully saturated rings. The molecule has 3 N–H and O–H groups in total. The van der Waals surface area contributed by atoms with E-state index < -0.39 is 0 Å². The fourth-order valence-electron chi connectivity index (χ4n) is 1.00. The Morgan fingerprint density at radius 3 is 3.07 bits per heavy atom. The molecule has 0 aliphatic heterocycles. The van der Waals surface area contributed by atoms with E-state index in [0.29, 0.717) is 30.5 Å². The summed E-state index contributed by atoms with van der Waals surface area (Å²) in [5.74, 6) is 0.805. The van der Waals surface area contributed by atoms with Crippen LogP contribution in [0, 0.1) is 0 Å². The van der Waals surface area contributed by atoms with Crippen LogP contribution in [-0.2, 0) is 4.74 Å². The number of hydrogen-bond donors (Lipinski definition) is 2. The lowest BCUT2D eigenvalue weighted by Gasteiger charge is -2.02. The van der Waals surface area contributed by atoms with Crippen LogP contribution >= 0.6 is 0 Å². The molecule has 0 bridgehead atoms. The Labute approximate surface area is 87.7 Å². The van der Waals surface area contributed by atoms with Gasteiger partial charge in [-0.3, -0.25) is 4.99 Å². The second-order valence-electron chi connectivity index (χ2n) is 2.84. The van der Waals surface area contributed by atoms with Crippen LogP contribution in [0.1, 0.15) is 12.1 Å². The van der Waals surface area contributed by atoms with E-state index >= 15 is 0 Å². The lowest BCUT2D eigenvalue weighted by Crippen LogP contribution is -2.16. The van der Waals surface area contributed by atoms with Gasteiger partial charge in [-0.2, -0.15) is 0 Å². The van der Waals surface area contributed by atoms with Crippen LogP contribution in [-0.4, -0.2) is 43.5 Å². The first-order chi connectivity index (χ1) is 7.29. The Morgan fingerprint density at radius 2 is 2.40 bits per heavy atom. The van der Waals surface area contributed by atoms with E-state index in [-0.39, 0.29) is 0 Å². The molecule has 84 valence electrons. The van der Waals surface area contributed by atoms with Crippen molar-refractivity contribution >= 4 is 11.7 Å². The van der Waals surface area contributed by atoms with Crippen molar-refractivity contribution in [2.24, 2.45) is 10.7 Å². The van der Waals surface area contributed by atoms with Crippen molar-refractivity contribution < 1.29 is 9.37 Å². The van der Waals surface area contributed by atoms with E-state index in [9.17, 15) is 0 Å². The van der Waals surface area contributed by atoms with E-state index in [2.05, 4.69) is 25.3 Å². The Hall–Kier alpha value is -1.63. The Morgan fingerprint density at radius 1 is 1.60 bits per heavy atom. The number of nitrogens with one attached hydrogen (secondary N) is 1. The molecule has 0 spiro atoms. The van der Waals surface area contributed by atoms with Gasteiger partial charge in [-0.05, 0) is 16.7 Å². The second-order valence-corrected chi connectivity index (χ2v) is 2.84. The summed E-state index contributed by atoms with van der Waals surface area (Å²) in [6.07, 6.45) is 0.867. The molecule has 0 aliphatic rings. The number of methoxy groups -OCH3 is 1. The monoisotopic (exact) mass is 213 g/mol. The number of amidine groups is 1. The first kappa shape index (κ1) is 11.4. The molecule has 7 nitrogen and oxygen atoms in total. The predicted octanol–water partition coefficient (Wildman–Crippen LogP) is -0.147. The van der Waals surface area contributed by atoms with Gasteiger partial charge in [-0.1, -0.05) is 0 Å². The SMILES string of the molecule is CN=C(N)c1nonc1NCCCOC. The standard InChI is InChI=1S/C8H15N5O2/c1-10-7(9)6-8(13-15-12-6)11-4-3-5-14-2/h3-5H2,1-2H3,(H2,9,10)(H,11,13). The number of aromatic nitrogens is 2. The van der Waals surface area contributed by atoms with Crippen LogP contribution in [0.4, 0.5) is 5.82 Å². The highest BCUT2D eigenvalue weighted by atomic mass is 16.6. The number of hydrogen-bond acceptors (Lipinski definition) is 6. The van der Waals surface area contributed by atoms with E-state index in [1.165, 1.54) is 0 Å². The number of nitrogens with zero attached hydrogens (tertiary/aromatic N) is 3. The number of ether oxygens (including phenoxy) is 1. The highest BCUT2D eigenvalue weighted by Gasteiger charge is 2.12. The van der Waals surface area contributed by atoms with Crippen LogP contribution in [0.25, 0.3) is 0 Å². The minimum Gasteiger partial charge on any atom is -0.385 e. The van der Waals surface area contributed by atoms with Crippen molar-refractivity contribution in [3.05, 3.63) is 5.69 Å². The normalized spacial score (nSPS) is 11.7. The maximum absolute atomic E-state index is 5.59. The van der Waals surface area contributed by atoms with Gasteiger partial charge in [-0.15, -0.1) is 0 Å². The van der Waals surface area contributed by atoms with Crippen molar-refractivity contribution in [1.29, 1.82) is 0 Å². The van der Waals surface area contributed by atoms with Crippen molar-refractivity contribution in [2.45, 2.75) is 6.42 Å². The molecule has 1 heterocycles. The van der Waals surface area contributed by atoms with Gasteiger partial charge in [0, 0.05) is 27.3 Å². The third-order valence-corrected chi connectivity index (χ3v) is 1.79. The molecule has 1 aromatic rings. The molecule has 0 aliphatic carbocycles. The number of aliphatic imine (C=N–C) groups is 1. The van der Waals surface area contributed by atoms with E-state index in [4.69, 9.17) is 10.5 Å². The molecular formula is C8H15N5O2. The largest absolute Gasteiger partial charge is 0.385 e. The van der Waals surface area contributed by atoms with Gasteiger partial charge >= 0.3 is 0 Å². The summed E-state index contributed by atoms with van der Waals surface area (Å²) in [5.41, 5.74) is 6.03. The lowest BCUT2D eigenvalue weighted by molar-refractivity contribution is 0.197. The topological polar surface area (TPSA) is 98.6 Å². The molecule has 0 saturated heterocycles. The predicted molar refractivity (Wildman–Crippen MR) is 55.9 cm³/mol. The van der Waals surface area contributed by atoms with Gasteiger partial charge in [0.15, 0.2) is 11.5 Å². The third-order valence-electron chi connectivity index (χ3n) is 1.79. The molecule has 15 heavy (non-hydrogen) atoms. The maximum Gasteiger partial charge on any atom is 0.202 e. The van der Waals surface area contributed by atoms with Crippen LogP contribution in [0.5, 0.6) is 0 Å². The zero-order chi connectivity index (χ0) is 11.1. The zero-order valence-corrected chi connectivity index (χ0v) is 8.86. The van der Waals surface area contributed by atoms with E-state index in [1.54, 1.807) is 14.2 Å². The van der Waals surface area contributed by atoms with Gasteiger partial charge in [-0.25, -0.2) is 4.63 Å². The highest BCUT2D eigenvalue weighted by molar-refractivity contribution is 5.99. The molecule has 0 amide bonds. The Kier molecular flexibility index (Phi) is 4.55. The number of rotatable bonds is 6. The molecular weight excluding hydrogens is 198 g/mol. The molecule has 0 radical (unpaired) electrons. The summed E-state index contributed by atoms with van der Waals surface area (Å²) in [4.78, 5) is 3.80.